The maximum absolute atomic E-state index is 3.10. The molecular formula is C13H30N2. The molecule has 0 aliphatic carbocycles. The van der Waals surface area contributed by atoms with E-state index in [0.717, 1.165) is 26.1 Å². The van der Waals surface area contributed by atoms with Gasteiger partial charge in [0.05, 0.1) is 6.54 Å². The van der Waals surface area contributed by atoms with Crippen LogP contribution in [0.5, 0.6) is 0 Å². The van der Waals surface area contributed by atoms with Crippen LogP contribution in [0.25, 0.3) is 0 Å². The predicted octanol–water partition coefficient (Wildman–Crippen LogP) is 2.60. The van der Waals surface area contributed by atoms with Crippen molar-refractivity contribution in [1.29, 1.82) is 0 Å². The van der Waals surface area contributed by atoms with Gasteiger partial charge >= 0.3 is 0 Å². The van der Waals surface area contributed by atoms with Crippen LogP contribution in [0.4, 0.5) is 0 Å². The SMILES string of the molecule is CC.CC.CCC#CCN(C)CCNC. The van der Waals surface area contributed by atoms with Crippen molar-refractivity contribution >= 4 is 0 Å². The second-order valence-corrected chi connectivity index (χ2v) is 2.55. The lowest BCUT2D eigenvalue weighted by atomic mass is 10.4. The molecule has 0 amide bonds. The van der Waals surface area contributed by atoms with E-state index >= 15 is 0 Å². The van der Waals surface area contributed by atoms with E-state index in [4.69, 9.17) is 0 Å². The van der Waals surface area contributed by atoms with Crippen molar-refractivity contribution in [2.24, 2.45) is 0 Å². The lowest BCUT2D eigenvalue weighted by Crippen LogP contribution is -2.27. The molecular weight excluding hydrogens is 184 g/mol. The Morgan fingerprint density at radius 3 is 2.00 bits per heavy atom. The molecule has 0 atom stereocenters. The summed E-state index contributed by atoms with van der Waals surface area (Å²) < 4.78 is 0. The normalized spacial score (nSPS) is 7.73. The van der Waals surface area contributed by atoms with Crippen molar-refractivity contribution < 1.29 is 0 Å². The van der Waals surface area contributed by atoms with Crippen molar-refractivity contribution in [3.63, 3.8) is 0 Å². The first-order valence-electron chi connectivity index (χ1n) is 6.10. The summed E-state index contributed by atoms with van der Waals surface area (Å²) in [6.07, 6.45) is 0.958. The average molecular weight is 214 g/mol. The second kappa shape index (κ2) is 23.4. The summed E-state index contributed by atoms with van der Waals surface area (Å²) in [5.74, 6) is 6.14. The molecule has 0 aromatic rings. The van der Waals surface area contributed by atoms with Gasteiger partial charge in [0.2, 0.25) is 0 Å². The minimum atomic E-state index is 0.884. The summed E-state index contributed by atoms with van der Waals surface area (Å²) in [6.45, 7) is 13.1. The Morgan fingerprint density at radius 2 is 1.60 bits per heavy atom. The first kappa shape index (κ1) is 20.0. The molecule has 2 nitrogen and oxygen atoms in total. The van der Waals surface area contributed by atoms with Crippen LogP contribution < -0.4 is 5.32 Å². The second-order valence-electron chi connectivity index (χ2n) is 2.55. The topological polar surface area (TPSA) is 15.3 Å². The molecule has 0 radical (unpaired) electrons. The molecule has 0 aliphatic rings. The predicted molar refractivity (Wildman–Crippen MR) is 72.2 cm³/mol. The maximum atomic E-state index is 3.10. The van der Waals surface area contributed by atoms with Crippen molar-refractivity contribution in [2.45, 2.75) is 41.0 Å². The summed E-state index contributed by atoms with van der Waals surface area (Å²) in [6, 6.07) is 0. The van der Waals surface area contributed by atoms with Gasteiger partial charge in [0.25, 0.3) is 0 Å². The van der Waals surface area contributed by atoms with E-state index in [2.05, 4.69) is 36.0 Å². The van der Waals surface area contributed by atoms with Crippen LogP contribution in [-0.4, -0.2) is 38.6 Å². The zero-order valence-electron chi connectivity index (χ0n) is 11.8. The third-order valence-electron chi connectivity index (χ3n) is 1.39. The van der Waals surface area contributed by atoms with Gasteiger partial charge in [-0.3, -0.25) is 4.90 Å². The highest BCUT2D eigenvalue weighted by atomic mass is 15.1. The van der Waals surface area contributed by atoms with Crippen LogP contribution in [0.2, 0.25) is 0 Å². The minimum absolute atomic E-state index is 0.884. The van der Waals surface area contributed by atoms with Gasteiger partial charge in [-0.1, -0.05) is 40.5 Å². The van der Waals surface area contributed by atoms with Gasteiger partial charge in [0.1, 0.15) is 0 Å². The van der Waals surface area contributed by atoms with Crippen molar-refractivity contribution in [3.05, 3.63) is 0 Å². The third kappa shape index (κ3) is 24.7. The van der Waals surface area contributed by atoms with E-state index in [-0.39, 0.29) is 0 Å². The lowest BCUT2D eigenvalue weighted by Gasteiger charge is -2.11. The van der Waals surface area contributed by atoms with Gasteiger partial charge in [-0.2, -0.15) is 0 Å². The van der Waals surface area contributed by atoms with E-state index in [1.807, 2.05) is 34.7 Å². The Labute approximate surface area is 97.4 Å². The van der Waals surface area contributed by atoms with Crippen molar-refractivity contribution in [2.75, 3.05) is 33.7 Å². The fourth-order valence-corrected chi connectivity index (χ4v) is 0.698. The molecule has 15 heavy (non-hydrogen) atoms. The highest BCUT2D eigenvalue weighted by Crippen LogP contribution is 1.78. The molecule has 0 unspecified atom stereocenters. The third-order valence-corrected chi connectivity index (χ3v) is 1.39. The molecule has 0 aromatic carbocycles. The lowest BCUT2D eigenvalue weighted by molar-refractivity contribution is 0.376. The van der Waals surface area contributed by atoms with Crippen molar-refractivity contribution in [1.82, 2.24) is 10.2 Å². The fourth-order valence-electron chi connectivity index (χ4n) is 0.698. The summed E-state index contributed by atoms with van der Waals surface area (Å²) in [5.41, 5.74) is 0. The molecule has 92 valence electrons. The number of hydrogen-bond donors (Lipinski definition) is 1. The van der Waals surface area contributed by atoms with E-state index < -0.39 is 0 Å². The first-order chi connectivity index (χ1) is 7.31. The Morgan fingerprint density at radius 1 is 1.07 bits per heavy atom. The quantitative estimate of drug-likeness (QED) is 0.724. The molecule has 0 rings (SSSR count). The van der Waals surface area contributed by atoms with Crippen LogP contribution in [0, 0.1) is 11.8 Å². The Bertz CT molecular complexity index is 133. The molecule has 0 aromatic heterocycles. The van der Waals surface area contributed by atoms with Gasteiger partial charge in [0.15, 0.2) is 0 Å². The van der Waals surface area contributed by atoms with Crippen LogP contribution in [0.3, 0.4) is 0 Å². The van der Waals surface area contributed by atoms with Gasteiger partial charge < -0.3 is 5.32 Å². The first-order valence-corrected chi connectivity index (χ1v) is 6.10. The van der Waals surface area contributed by atoms with Crippen LogP contribution in [0.1, 0.15) is 41.0 Å². The smallest absolute Gasteiger partial charge is 0.0599 e. The molecule has 0 spiro atoms. The molecule has 0 bridgehead atoms. The molecule has 0 aliphatic heterocycles. The van der Waals surface area contributed by atoms with E-state index in [0.29, 0.717) is 0 Å². The number of likely N-dealkylation sites (N-methyl/N-ethyl adjacent to an activating group) is 2. The van der Waals surface area contributed by atoms with Crippen LogP contribution >= 0.6 is 0 Å². The van der Waals surface area contributed by atoms with Gasteiger partial charge in [0, 0.05) is 19.5 Å². The van der Waals surface area contributed by atoms with Gasteiger partial charge in [-0.25, -0.2) is 0 Å². The van der Waals surface area contributed by atoms with Gasteiger partial charge in [-0.15, -0.1) is 5.92 Å². The zero-order chi connectivity index (χ0) is 12.5. The highest BCUT2D eigenvalue weighted by Gasteiger charge is 1.91. The van der Waals surface area contributed by atoms with E-state index in [1.165, 1.54) is 0 Å². The summed E-state index contributed by atoms with van der Waals surface area (Å²) in [4.78, 5) is 2.21. The molecule has 2 heteroatoms. The minimum Gasteiger partial charge on any atom is -0.318 e. The Hall–Kier alpha value is -0.520. The largest absolute Gasteiger partial charge is 0.318 e. The monoisotopic (exact) mass is 214 g/mol. The van der Waals surface area contributed by atoms with Crippen molar-refractivity contribution in [3.8, 4) is 11.8 Å². The van der Waals surface area contributed by atoms with Crippen LogP contribution in [0.15, 0.2) is 0 Å². The Kier molecular flexibility index (Phi) is 31.1. The number of nitrogens with one attached hydrogen (secondary N) is 1. The number of rotatable bonds is 4. The van der Waals surface area contributed by atoms with E-state index in [9.17, 15) is 0 Å². The van der Waals surface area contributed by atoms with Gasteiger partial charge in [-0.05, 0) is 14.1 Å². The van der Waals surface area contributed by atoms with Crippen LogP contribution in [-0.2, 0) is 0 Å². The Balaban J connectivity index is -0.000000318. The standard InChI is InChI=1S/C9H18N2.2C2H6/c1-4-5-6-8-11(3)9-7-10-2;2*1-2/h10H,4,7-9H2,1-3H3;2*1-2H3. The molecule has 1 N–H and O–H groups in total. The summed E-state index contributed by atoms with van der Waals surface area (Å²) >= 11 is 0. The molecule has 0 fully saturated rings. The summed E-state index contributed by atoms with van der Waals surface area (Å²) in [5, 5.41) is 3.10. The number of nitrogens with zero attached hydrogens (tertiary/aromatic N) is 1. The molecule has 0 saturated heterocycles. The maximum Gasteiger partial charge on any atom is 0.0599 e. The summed E-state index contributed by atoms with van der Waals surface area (Å²) in [7, 11) is 4.05. The molecule has 0 heterocycles. The fraction of sp³-hybridized carbons (Fsp3) is 0.846. The van der Waals surface area contributed by atoms with E-state index in [1.54, 1.807) is 0 Å². The highest BCUT2D eigenvalue weighted by molar-refractivity contribution is 4.99. The average Bonchev–Trinajstić information content (AvgIpc) is 2.32. The zero-order valence-corrected chi connectivity index (χ0v) is 11.8. The number of hydrogen-bond acceptors (Lipinski definition) is 2. The molecule has 0 saturated carbocycles.